The quantitative estimate of drug-likeness (QED) is 0.783. The summed E-state index contributed by atoms with van der Waals surface area (Å²) in [5.41, 5.74) is 5.69. The van der Waals surface area contributed by atoms with E-state index in [0.717, 1.165) is 4.47 Å². The maximum Gasteiger partial charge on any atom is 0.0486 e. The summed E-state index contributed by atoms with van der Waals surface area (Å²) >= 11 is 3.55. The third-order valence-electron chi connectivity index (χ3n) is 4.12. The smallest absolute Gasteiger partial charge is 0.0486 e. The fourth-order valence-electron chi connectivity index (χ4n) is 3.01. The van der Waals surface area contributed by atoms with Crippen molar-refractivity contribution in [3.05, 3.63) is 63.6 Å². The zero-order chi connectivity index (χ0) is 13.9. The van der Waals surface area contributed by atoms with E-state index in [0.29, 0.717) is 6.04 Å². The van der Waals surface area contributed by atoms with Crippen LogP contribution in [-0.4, -0.2) is 0 Å². The van der Waals surface area contributed by atoms with Crippen LogP contribution in [0.3, 0.4) is 0 Å². The average Bonchev–Trinajstić information content (AvgIpc) is 2.47. The second-order valence-corrected chi connectivity index (χ2v) is 6.49. The molecule has 0 saturated carbocycles. The summed E-state index contributed by atoms with van der Waals surface area (Å²) in [6, 6.07) is 15.5. The van der Waals surface area contributed by atoms with Crippen molar-refractivity contribution in [3.8, 4) is 0 Å². The number of fused-ring (bicyclic) bond motifs is 1. The lowest BCUT2D eigenvalue weighted by molar-refractivity contribution is 0.685. The standard InChI is InChI=1S/C18H20BrN/c1-13(15-8-4-9-16(19)12-15)20-18-11-5-7-14-6-2-3-10-17(14)18/h4-5,7-9,11-13,20H,2-3,6,10H2,1H3. The topological polar surface area (TPSA) is 12.0 Å². The zero-order valence-corrected chi connectivity index (χ0v) is 13.4. The first-order valence-corrected chi connectivity index (χ1v) is 8.16. The van der Waals surface area contributed by atoms with E-state index in [1.807, 2.05) is 0 Å². The predicted molar refractivity (Wildman–Crippen MR) is 89.3 cm³/mol. The zero-order valence-electron chi connectivity index (χ0n) is 11.8. The van der Waals surface area contributed by atoms with Crippen LogP contribution in [0.1, 0.15) is 42.5 Å². The van der Waals surface area contributed by atoms with E-state index in [1.54, 1.807) is 0 Å². The molecule has 0 spiro atoms. The van der Waals surface area contributed by atoms with Gasteiger partial charge in [-0.2, -0.15) is 0 Å². The Balaban J connectivity index is 1.84. The maximum absolute atomic E-state index is 3.69. The van der Waals surface area contributed by atoms with E-state index in [1.165, 1.54) is 48.1 Å². The van der Waals surface area contributed by atoms with E-state index in [4.69, 9.17) is 0 Å². The van der Waals surface area contributed by atoms with Gasteiger partial charge in [-0.3, -0.25) is 0 Å². The molecule has 1 atom stereocenters. The minimum Gasteiger partial charge on any atom is -0.378 e. The molecule has 3 rings (SSSR count). The first kappa shape index (κ1) is 13.7. The molecule has 2 aromatic rings. The lowest BCUT2D eigenvalue weighted by Crippen LogP contribution is -2.11. The fourth-order valence-corrected chi connectivity index (χ4v) is 3.43. The van der Waals surface area contributed by atoms with Crippen LogP contribution in [0.25, 0.3) is 0 Å². The van der Waals surface area contributed by atoms with Crippen LogP contribution in [0.15, 0.2) is 46.9 Å². The first-order chi connectivity index (χ1) is 9.74. The van der Waals surface area contributed by atoms with E-state index in [2.05, 4.69) is 70.6 Å². The normalized spacial score (nSPS) is 15.5. The number of rotatable bonds is 3. The minimum atomic E-state index is 0.320. The third kappa shape index (κ3) is 2.90. The number of anilines is 1. The molecule has 1 aliphatic carbocycles. The van der Waals surface area contributed by atoms with Gasteiger partial charge in [-0.25, -0.2) is 0 Å². The third-order valence-corrected chi connectivity index (χ3v) is 4.61. The minimum absolute atomic E-state index is 0.320. The molecule has 0 aromatic heterocycles. The summed E-state index contributed by atoms with van der Waals surface area (Å²) in [7, 11) is 0. The summed E-state index contributed by atoms with van der Waals surface area (Å²) in [4.78, 5) is 0. The highest BCUT2D eigenvalue weighted by atomic mass is 79.9. The first-order valence-electron chi connectivity index (χ1n) is 7.37. The van der Waals surface area contributed by atoms with Crippen LogP contribution in [-0.2, 0) is 12.8 Å². The van der Waals surface area contributed by atoms with Gasteiger partial charge in [0.1, 0.15) is 0 Å². The summed E-state index contributed by atoms with van der Waals surface area (Å²) in [5, 5.41) is 3.69. The van der Waals surface area contributed by atoms with Crippen LogP contribution >= 0.6 is 15.9 Å². The molecule has 104 valence electrons. The van der Waals surface area contributed by atoms with Crippen LogP contribution in [0, 0.1) is 0 Å². The molecule has 0 saturated heterocycles. The van der Waals surface area contributed by atoms with E-state index >= 15 is 0 Å². The Morgan fingerprint density at radius 2 is 1.85 bits per heavy atom. The SMILES string of the molecule is CC(Nc1cccc2c1CCCC2)c1cccc(Br)c1. The van der Waals surface area contributed by atoms with E-state index < -0.39 is 0 Å². The van der Waals surface area contributed by atoms with Crippen molar-refractivity contribution in [1.29, 1.82) is 0 Å². The van der Waals surface area contributed by atoms with E-state index in [9.17, 15) is 0 Å². The molecule has 1 N–H and O–H groups in total. The molecule has 0 aliphatic heterocycles. The molecule has 0 bridgehead atoms. The van der Waals surface area contributed by atoms with E-state index in [-0.39, 0.29) is 0 Å². The van der Waals surface area contributed by atoms with Crippen LogP contribution in [0.4, 0.5) is 5.69 Å². The Bertz CT molecular complexity index is 606. The number of aryl methyl sites for hydroxylation is 1. The molecular formula is C18H20BrN. The van der Waals surface area contributed by atoms with Crippen molar-refractivity contribution in [2.45, 2.75) is 38.6 Å². The molecule has 2 heteroatoms. The molecule has 0 radical (unpaired) electrons. The van der Waals surface area contributed by atoms with Gasteiger partial charge >= 0.3 is 0 Å². The Morgan fingerprint density at radius 3 is 2.70 bits per heavy atom. The molecule has 1 nitrogen and oxygen atoms in total. The molecule has 2 aromatic carbocycles. The monoisotopic (exact) mass is 329 g/mol. The van der Waals surface area contributed by atoms with Gasteiger partial charge < -0.3 is 5.32 Å². The summed E-state index contributed by atoms with van der Waals surface area (Å²) in [6.45, 7) is 2.23. The summed E-state index contributed by atoms with van der Waals surface area (Å²) in [6.07, 6.45) is 5.09. The molecule has 1 aliphatic rings. The number of benzene rings is 2. The number of hydrogen-bond acceptors (Lipinski definition) is 1. The molecular weight excluding hydrogens is 310 g/mol. The maximum atomic E-state index is 3.69. The summed E-state index contributed by atoms with van der Waals surface area (Å²) in [5.74, 6) is 0. The highest BCUT2D eigenvalue weighted by molar-refractivity contribution is 9.10. The number of halogens is 1. The molecule has 0 fully saturated rings. The molecule has 0 amide bonds. The van der Waals surface area contributed by atoms with Crippen LogP contribution in [0.2, 0.25) is 0 Å². The Hall–Kier alpha value is -1.28. The predicted octanol–water partition coefficient (Wildman–Crippen LogP) is 5.50. The Kier molecular flexibility index (Phi) is 4.11. The van der Waals surface area contributed by atoms with Gasteiger partial charge in [0.25, 0.3) is 0 Å². The molecule has 1 unspecified atom stereocenters. The van der Waals surface area contributed by atoms with Gasteiger partial charge in [0.05, 0.1) is 0 Å². The van der Waals surface area contributed by atoms with Crippen molar-refractivity contribution in [1.82, 2.24) is 0 Å². The van der Waals surface area contributed by atoms with Crippen LogP contribution in [0.5, 0.6) is 0 Å². The second-order valence-electron chi connectivity index (χ2n) is 5.57. The van der Waals surface area contributed by atoms with Gasteiger partial charge in [-0.15, -0.1) is 0 Å². The number of nitrogens with one attached hydrogen (secondary N) is 1. The van der Waals surface area contributed by atoms with Gasteiger partial charge in [0.2, 0.25) is 0 Å². The van der Waals surface area contributed by atoms with Crippen molar-refractivity contribution >= 4 is 21.6 Å². The number of hydrogen-bond donors (Lipinski definition) is 1. The molecule has 0 heterocycles. The Morgan fingerprint density at radius 1 is 1.05 bits per heavy atom. The van der Waals surface area contributed by atoms with Gasteiger partial charge in [0, 0.05) is 16.2 Å². The van der Waals surface area contributed by atoms with Crippen molar-refractivity contribution < 1.29 is 0 Å². The van der Waals surface area contributed by atoms with Gasteiger partial charge in [-0.1, -0.05) is 40.2 Å². The van der Waals surface area contributed by atoms with Crippen molar-refractivity contribution in [3.63, 3.8) is 0 Å². The van der Waals surface area contributed by atoms with Crippen LogP contribution < -0.4 is 5.32 Å². The second kappa shape index (κ2) is 6.01. The van der Waals surface area contributed by atoms with Crippen molar-refractivity contribution in [2.75, 3.05) is 5.32 Å². The molecule has 20 heavy (non-hydrogen) atoms. The largest absolute Gasteiger partial charge is 0.378 e. The Labute approximate surface area is 129 Å². The average molecular weight is 330 g/mol. The lowest BCUT2D eigenvalue weighted by atomic mass is 9.90. The highest BCUT2D eigenvalue weighted by Crippen LogP contribution is 2.30. The summed E-state index contributed by atoms with van der Waals surface area (Å²) < 4.78 is 1.14. The van der Waals surface area contributed by atoms with Crippen molar-refractivity contribution in [2.24, 2.45) is 0 Å². The fraction of sp³-hybridized carbons (Fsp3) is 0.333. The van der Waals surface area contributed by atoms with Gasteiger partial charge in [0.15, 0.2) is 0 Å². The lowest BCUT2D eigenvalue weighted by Gasteiger charge is -2.23. The highest BCUT2D eigenvalue weighted by Gasteiger charge is 2.14. The van der Waals surface area contributed by atoms with Gasteiger partial charge in [-0.05, 0) is 67.5 Å².